The lowest BCUT2D eigenvalue weighted by atomic mass is 10.1. The Morgan fingerprint density at radius 1 is 0.786 bits per heavy atom. The summed E-state index contributed by atoms with van der Waals surface area (Å²) >= 11 is 0. The molecule has 0 aliphatic heterocycles. The van der Waals surface area contributed by atoms with Crippen molar-refractivity contribution >= 4 is 13.8 Å². The van der Waals surface area contributed by atoms with Gasteiger partial charge in [-0.3, -0.25) is 4.52 Å². The first-order valence-corrected chi connectivity index (χ1v) is 12.0. The van der Waals surface area contributed by atoms with Gasteiger partial charge in [0.1, 0.15) is 0 Å². The van der Waals surface area contributed by atoms with Gasteiger partial charge < -0.3 is 5.11 Å². The molecule has 168 valence electrons. The second-order valence-electron chi connectivity index (χ2n) is 6.86. The van der Waals surface area contributed by atoms with Crippen LogP contribution in [0.15, 0.2) is 0 Å². The minimum Gasteiger partial charge on any atom is -0.479 e. The maximum atomic E-state index is 12.5. The van der Waals surface area contributed by atoms with Crippen LogP contribution in [0.25, 0.3) is 0 Å². The third-order valence-electron chi connectivity index (χ3n) is 4.09. The quantitative estimate of drug-likeness (QED) is 0.100. The van der Waals surface area contributed by atoms with E-state index in [1.165, 1.54) is 45.4 Å². The molecule has 0 saturated carbocycles. The van der Waals surface area contributed by atoms with E-state index in [4.69, 9.17) is 28.8 Å². The number of carboxylic acids is 1. The Morgan fingerprint density at radius 3 is 1.57 bits per heavy atom. The van der Waals surface area contributed by atoms with Gasteiger partial charge in [0.05, 0.1) is 13.2 Å². The monoisotopic (exact) mass is 426 g/mol. The van der Waals surface area contributed by atoms with E-state index in [-0.39, 0.29) is 13.2 Å². The summed E-state index contributed by atoms with van der Waals surface area (Å²) < 4.78 is 26.9. The second-order valence-corrected chi connectivity index (χ2v) is 8.27. The molecule has 0 heterocycles. The molecule has 0 aromatic carbocycles. The zero-order valence-electron chi connectivity index (χ0n) is 17.7. The number of hydrogen-bond donors (Lipinski definition) is 1. The van der Waals surface area contributed by atoms with Crippen LogP contribution in [-0.2, 0) is 33.0 Å². The van der Waals surface area contributed by atoms with Gasteiger partial charge in [-0.2, -0.15) is 0 Å². The number of unbranched alkanes of at least 4 members (excludes halogenated alkanes) is 10. The van der Waals surface area contributed by atoms with E-state index in [1.54, 1.807) is 0 Å². The number of phosphoric acid groups is 1. The van der Waals surface area contributed by atoms with Crippen LogP contribution < -0.4 is 0 Å². The van der Waals surface area contributed by atoms with E-state index in [2.05, 4.69) is 13.8 Å². The normalized spacial score (nSPS) is 13.0. The van der Waals surface area contributed by atoms with Crippen molar-refractivity contribution in [3.63, 3.8) is 0 Å². The summed E-state index contributed by atoms with van der Waals surface area (Å²) in [5.74, 6) is -1.29. The molecule has 0 bridgehead atoms. The van der Waals surface area contributed by atoms with Gasteiger partial charge in [-0.25, -0.2) is 19.1 Å². The summed E-state index contributed by atoms with van der Waals surface area (Å²) in [6, 6.07) is 0. The molecule has 0 fully saturated rings. The highest BCUT2D eigenvalue weighted by Gasteiger charge is 2.35. The molecular weight excluding hydrogens is 387 g/mol. The molecular formula is C19H39O8P. The SMILES string of the molecule is CCCCCCCCOOP(=O)(OOCCCCCCCC)OC(C)C(=O)O. The highest BCUT2D eigenvalue weighted by Crippen LogP contribution is 2.51. The van der Waals surface area contributed by atoms with Gasteiger partial charge in [-0.15, -0.1) is 9.35 Å². The van der Waals surface area contributed by atoms with E-state index in [9.17, 15) is 9.36 Å². The number of rotatable bonds is 21. The number of carbonyl (C=O) groups is 1. The van der Waals surface area contributed by atoms with Gasteiger partial charge >= 0.3 is 13.8 Å². The van der Waals surface area contributed by atoms with Crippen molar-refractivity contribution < 1.29 is 38.1 Å². The molecule has 1 atom stereocenters. The van der Waals surface area contributed by atoms with Crippen LogP contribution in [0.5, 0.6) is 0 Å². The van der Waals surface area contributed by atoms with Crippen molar-refractivity contribution in [3.05, 3.63) is 0 Å². The molecule has 0 saturated heterocycles. The topological polar surface area (TPSA) is 101 Å². The zero-order valence-corrected chi connectivity index (χ0v) is 18.6. The van der Waals surface area contributed by atoms with Gasteiger partial charge in [0.2, 0.25) is 0 Å². The van der Waals surface area contributed by atoms with Crippen molar-refractivity contribution in [3.8, 4) is 0 Å². The second kappa shape index (κ2) is 18.5. The molecule has 0 rings (SSSR count). The van der Waals surface area contributed by atoms with Gasteiger partial charge in [0.25, 0.3) is 0 Å². The summed E-state index contributed by atoms with van der Waals surface area (Å²) in [4.78, 5) is 20.8. The third kappa shape index (κ3) is 16.5. The van der Waals surface area contributed by atoms with Crippen LogP contribution in [0, 0.1) is 0 Å². The molecule has 0 aromatic heterocycles. The average Bonchev–Trinajstić information content (AvgIpc) is 2.66. The molecule has 0 radical (unpaired) electrons. The van der Waals surface area contributed by atoms with Crippen molar-refractivity contribution in [2.45, 2.75) is 104 Å². The highest BCUT2D eigenvalue weighted by atomic mass is 31.2. The number of carboxylic acid groups (broad SMARTS) is 1. The zero-order chi connectivity index (χ0) is 21.1. The van der Waals surface area contributed by atoms with Gasteiger partial charge in [0, 0.05) is 0 Å². The van der Waals surface area contributed by atoms with E-state index in [1.807, 2.05) is 0 Å². The molecule has 0 amide bonds. The molecule has 8 nitrogen and oxygen atoms in total. The highest BCUT2D eigenvalue weighted by molar-refractivity contribution is 7.48. The largest absolute Gasteiger partial charge is 0.530 e. The predicted octanol–water partition coefficient (Wildman–Crippen LogP) is 6.20. The Labute approximate surface area is 169 Å². The van der Waals surface area contributed by atoms with E-state index >= 15 is 0 Å². The summed E-state index contributed by atoms with van der Waals surface area (Å²) in [6.45, 7) is 5.95. The van der Waals surface area contributed by atoms with Crippen LogP contribution in [0.3, 0.4) is 0 Å². The van der Waals surface area contributed by atoms with E-state index < -0.39 is 19.9 Å². The summed E-state index contributed by atoms with van der Waals surface area (Å²) in [6.07, 6.45) is 11.3. The van der Waals surface area contributed by atoms with Crippen molar-refractivity contribution in [2.24, 2.45) is 0 Å². The Kier molecular flexibility index (Phi) is 18.2. The summed E-state index contributed by atoms with van der Waals surface area (Å²) in [5, 5.41) is 8.93. The third-order valence-corrected chi connectivity index (χ3v) is 5.24. The standard InChI is InChI=1S/C19H39O8P/c1-4-6-8-10-12-14-16-23-26-28(22,25-18(3)19(20)21)27-24-17-15-13-11-9-7-5-2/h18H,4-17H2,1-3H3,(H,20,21). The Bertz CT molecular complexity index is 395. The molecule has 9 heteroatoms. The fourth-order valence-electron chi connectivity index (χ4n) is 2.37. The molecule has 0 spiro atoms. The van der Waals surface area contributed by atoms with Crippen molar-refractivity contribution in [1.82, 2.24) is 0 Å². The molecule has 28 heavy (non-hydrogen) atoms. The van der Waals surface area contributed by atoms with E-state index in [0.29, 0.717) is 0 Å². The van der Waals surface area contributed by atoms with Gasteiger partial charge in [-0.1, -0.05) is 78.1 Å². The Balaban J connectivity index is 4.12. The van der Waals surface area contributed by atoms with Crippen LogP contribution in [0.4, 0.5) is 0 Å². The van der Waals surface area contributed by atoms with Crippen LogP contribution in [-0.4, -0.2) is 30.4 Å². The first kappa shape index (κ1) is 27.5. The van der Waals surface area contributed by atoms with Crippen molar-refractivity contribution in [2.75, 3.05) is 13.2 Å². The summed E-state index contributed by atoms with van der Waals surface area (Å²) in [5.41, 5.74) is 0. The molecule has 1 N–H and O–H groups in total. The fraction of sp³-hybridized carbons (Fsp3) is 0.947. The Hall–Kier alpha value is -0.500. The molecule has 0 aromatic rings. The first-order valence-electron chi connectivity index (χ1n) is 10.6. The lowest BCUT2D eigenvalue weighted by molar-refractivity contribution is -0.284. The minimum absolute atomic E-state index is 0.210. The van der Waals surface area contributed by atoms with E-state index in [0.717, 1.165) is 38.5 Å². The molecule has 1 unspecified atom stereocenters. The van der Waals surface area contributed by atoms with Crippen LogP contribution in [0.2, 0.25) is 0 Å². The maximum Gasteiger partial charge on any atom is 0.530 e. The lowest BCUT2D eigenvalue weighted by Crippen LogP contribution is -2.20. The maximum absolute atomic E-state index is 12.5. The summed E-state index contributed by atoms with van der Waals surface area (Å²) in [7, 11) is -4.29. The smallest absolute Gasteiger partial charge is 0.479 e. The predicted molar refractivity (Wildman–Crippen MR) is 107 cm³/mol. The average molecular weight is 426 g/mol. The first-order chi connectivity index (χ1) is 13.4. The Morgan fingerprint density at radius 2 is 1.18 bits per heavy atom. The van der Waals surface area contributed by atoms with Gasteiger partial charge in [0.15, 0.2) is 6.10 Å². The van der Waals surface area contributed by atoms with Crippen LogP contribution in [0.1, 0.15) is 97.8 Å². The number of aliphatic carboxylic acids is 1. The lowest BCUT2D eigenvalue weighted by Gasteiger charge is -2.17. The van der Waals surface area contributed by atoms with Crippen molar-refractivity contribution in [1.29, 1.82) is 0 Å². The molecule has 0 aliphatic rings. The van der Waals surface area contributed by atoms with Crippen LogP contribution >= 0.6 is 7.82 Å². The van der Waals surface area contributed by atoms with Gasteiger partial charge in [-0.05, 0) is 19.8 Å². The number of hydrogen-bond acceptors (Lipinski definition) is 7. The minimum atomic E-state index is -4.29. The fourth-order valence-corrected chi connectivity index (χ4v) is 3.35. The molecule has 0 aliphatic carbocycles.